The van der Waals surface area contributed by atoms with Gasteiger partial charge in [0.05, 0.1) is 19.9 Å². The SMILES string of the molecule is O=C(c1cc([N+](=O)[O-])c(Sc2c(Cl)cncc2Cl)s1)N1CCC(F)CC1. The molecule has 26 heavy (non-hydrogen) atoms. The van der Waals surface area contributed by atoms with Crippen molar-refractivity contribution < 1.29 is 14.1 Å². The molecule has 6 nitrogen and oxygen atoms in total. The molecule has 0 atom stereocenters. The fourth-order valence-electron chi connectivity index (χ4n) is 2.47. The summed E-state index contributed by atoms with van der Waals surface area (Å²) in [5.41, 5.74) is -0.187. The number of thiophene rings is 1. The van der Waals surface area contributed by atoms with Crippen LogP contribution in [-0.2, 0) is 0 Å². The summed E-state index contributed by atoms with van der Waals surface area (Å²) in [5, 5.41) is 11.9. The number of nitrogens with zero attached hydrogens (tertiary/aromatic N) is 3. The van der Waals surface area contributed by atoms with Gasteiger partial charge in [-0.15, -0.1) is 11.3 Å². The van der Waals surface area contributed by atoms with Crippen molar-refractivity contribution in [1.82, 2.24) is 9.88 Å². The van der Waals surface area contributed by atoms with Gasteiger partial charge >= 0.3 is 0 Å². The number of piperidine rings is 1. The van der Waals surface area contributed by atoms with E-state index in [9.17, 15) is 19.3 Å². The highest BCUT2D eigenvalue weighted by molar-refractivity contribution is 8.01. The smallest absolute Gasteiger partial charge is 0.294 e. The lowest BCUT2D eigenvalue weighted by Gasteiger charge is -2.28. The molecule has 138 valence electrons. The minimum Gasteiger partial charge on any atom is -0.338 e. The third kappa shape index (κ3) is 4.11. The summed E-state index contributed by atoms with van der Waals surface area (Å²) < 4.78 is 13.6. The molecule has 1 aliphatic heterocycles. The maximum atomic E-state index is 13.3. The van der Waals surface area contributed by atoms with Gasteiger partial charge in [0.15, 0.2) is 0 Å². The number of aromatic nitrogens is 1. The molecule has 0 aromatic carbocycles. The van der Waals surface area contributed by atoms with Crippen LogP contribution in [0.5, 0.6) is 0 Å². The average Bonchev–Trinajstić information content (AvgIpc) is 3.02. The molecule has 1 amide bonds. The normalized spacial score (nSPS) is 15.3. The monoisotopic (exact) mass is 435 g/mol. The fourth-order valence-corrected chi connectivity index (χ4v) is 5.30. The summed E-state index contributed by atoms with van der Waals surface area (Å²) in [6.45, 7) is 0.604. The first-order valence-electron chi connectivity index (χ1n) is 7.55. The summed E-state index contributed by atoms with van der Waals surface area (Å²) in [5.74, 6) is -0.330. The molecule has 0 N–H and O–H groups in total. The summed E-state index contributed by atoms with van der Waals surface area (Å²) in [4.78, 5) is 29.5. The summed E-state index contributed by atoms with van der Waals surface area (Å²) in [7, 11) is 0. The van der Waals surface area contributed by atoms with Crippen LogP contribution in [0.3, 0.4) is 0 Å². The number of carbonyl (C=O) groups is 1. The van der Waals surface area contributed by atoms with Crippen molar-refractivity contribution >= 4 is 57.9 Å². The van der Waals surface area contributed by atoms with Crippen LogP contribution >= 0.6 is 46.3 Å². The van der Waals surface area contributed by atoms with Gasteiger partial charge in [0.1, 0.15) is 15.3 Å². The van der Waals surface area contributed by atoms with Gasteiger partial charge < -0.3 is 4.90 Å². The Hall–Kier alpha value is -1.42. The predicted octanol–water partition coefficient (Wildman–Crippen LogP) is 5.08. The van der Waals surface area contributed by atoms with E-state index in [1.165, 1.54) is 23.4 Å². The number of carbonyl (C=O) groups excluding carboxylic acids is 1. The van der Waals surface area contributed by atoms with Gasteiger partial charge in [-0.25, -0.2) is 4.39 Å². The van der Waals surface area contributed by atoms with Crippen LogP contribution in [0.4, 0.5) is 10.1 Å². The Labute approximate surface area is 166 Å². The Morgan fingerprint density at radius 1 is 1.35 bits per heavy atom. The van der Waals surface area contributed by atoms with Crippen molar-refractivity contribution in [2.24, 2.45) is 0 Å². The number of rotatable bonds is 4. The summed E-state index contributed by atoms with van der Waals surface area (Å²) >= 11 is 14.2. The van der Waals surface area contributed by atoms with Gasteiger partial charge in [-0.3, -0.25) is 19.9 Å². The van der Waals surface area contributed by atoms with Crippen molar-refractivity contribution in [2.75, 3.05) is 13.1 Å². The summed E-state index contributed by atoms with van der Waals surface area (Å²) in [6.07, 6.45) is 2.44. The van der Waals surface area contributed by atoms with Gasteiger partial charge in [-0.05, 0) is 12.8 Å². The van der Waals surface area contributed by atoms with Crippen LogP contribution in [0.25, 0.3) is 0 Å². The quantitative estimate of drug-likeness (QED) is 0.493. The number of hydrogen-bond acceptors (Lipinski definition) is 6. The lowest BCUT2D eigenvalue weighted by Crippen LogP contribution is -2.38. The Balaban J connectivity index is 1.89. The molecule has 1 aliphatic rings. The van der Waals surface area contributed by atoms with Crippen LogP contribution in [-0.4, -0.2) is 40.0 Å². The first kappa shape index (κ1) is 19.3. The molecule has 11 heteroatoms. The minimum absolute atomic E-state index is 0.187. The van der Waals surface area contributed by atoms with E-state index in [0.717, 1.165) is 23.1 Å². The molecule has 3 rings (SSSR count). The first-order chi connectivity index (χ1) is 12.4. The number of hydrogen-bond donors (Lipinski definition) is 0. The first-order valence-corrected chi connectivity index (χ1v) is 9.94. The number of pyridine rings is 1. The van der Waals surface area contributed by atoms with Gasteiger partial charge in [-0.1, -0.05) is 35.0 Å². The molecule has 0 aliphatic carbocycles. The van der Waals surface area contributed by atoms with E-state index in [1.54, 1.807) is 0 Å². The van der Waals surface area contributed by atoms with E-state index in [4.69, 9.17) is 23.2 Å². The number of nitro groups is 1. The maximum Gasteiger partial charge on any atom is 0.294 e. The van der Waals surface area contributed by atoms with E-state index in [-0.39, 0.29) is 39.4 Å². The van der Waals surface area contributed by atoms with Crippen LogP contribution in [0, 0.1) is 10.1 Å². The van der Waals surface area contributed by atoms with E-state index < -0.39 is 11.1 Å². The zero-order valence-electron chi connectivity index (χ0n) is 13.2. The largest absolute Gasteiger partial charge is 0.338 e. The average molecular weight is 436 g/mol. The summed E-state index contributed by atoms with van der Waals surface area (Å²) in [6, 6.07) is 1.25. The molecular weight excluding hydrogens is 424 g/mol. The topological polar surface area (TPSA) is 76.3 Å². The molecule has 2 aromatic rings. The van der Waals surface area contributed by atoms with Gasteiger partial charge in [0.25, 0.3) is 11.6 Å². The second-order valence-electron chi connectivity index (χ2n) is 5.54. The molecule has 0 spiro atoms. The van der Waals surface area contributed by atoms with Crippen LogP contribution in [0.15, 0.2) is 27.6 Å². The fraction of sp³-hybridized carbons (Fsp3) is 0.333. The number of halogens is 3. The Bertz CT molecular complexity index is 836. The van der Waals surface area contributed by atoms with Crippen molar-refractivity contribution in [3.05, 3.63) is 43.5 Å². The Morgan fingerprint density at radius 3 is 2.54 bits per heavy atom. The molecule has 3 heterocycles. The molecular formula is C15H12Cl2FN3O3S2. The second kappa shape index (κ2) is 8.08. The Morgan fingerprint density at radius 2 is 1.96 bits per heavy atom. The zero-order valence-corrected chi connectivity index (χ0v) is 16.3. The Kier molecular flexibility index (Phi) is 6.01. The molecule has 0 unspecified atom stereocenters. The van der Waals surface area contributed by atoms with E-state index >= 15 is 0 Å². The molecule has 2 aromatic heterocycles. The second-order valence-corrected chi connectivity index (χ2v) is 8.69. The molecule has 0 saturated carbocycles. The number of alkyl halides is 1. The van der Waals surface area contributed by atoms with Gasteiger partial charge in [0, 0.05) is 31.5 Å². The van der Waals surface area contributed by atoms with Crippen LogP contribution in [0.1, 0.15) is 22.5 Å². The molecule has 0 radical (unpaired) electrons. The van der Waals surface area contributed by atoms with E-state index in [2.05, 4.69) is 4.98 Å². The zero-order chi connectivity index (χ0) is 18.8. The van der Waals surface area contributed by atoms with Gasteiger partial charge in [-0.2, -0.15) is 0 Å². The molecule has 1 fully saturated rings. The van der Waals surface area contributed by atoms with E-state index in [0.29, 0.717) is 22.2 Å². The predicted molar refractivity (Wildman–Crippen MR) is 99.4 cm³/mol. The van der Waals surface area contributed by atoms with Crippen molar-refractivity contribution in [3.8, 4) is 0 Å². The third-order valence-electron chi connectivity index (χ3n) is 3.80. The van der Waals surface area contributed by atoms with Crippen LogP contribution in [0.2, 0.25) is 10.0 Å². The van der Waals surface area contributed by atoms with Gasteiger partial charge in [0.2, 0.25) is 0 Å². The van der Waals surface area contributed by atoms with Crippen molar-refractivity contribution in [3.63, 3.8) is 0 Å². The standard InChI is InChI=1S/C15H12Cl2FN3O3S2/c16-9-6-19-7-10(17)13(9)26-15-11(21(23)24)5-12(25-15)14(22)20-3-1-8(18)2-4-20/h5-8H,1-4H2. The maximum absolute atomic E-state index is 13.3. The number of amides is 1. The lowest BCUT2D eigenvalue weighted by molar-refractivity contribution is -0.387. The van der Waals surface area contributed by atoms with Crippen molar-refractivity contribution in [2.45, 2.75) is 28.1 Å². The third-order valence-corrected chi connectivity index (χ3v) is 7.05. The minimum atomic E-state index is -0.904. The highest BCUT2D eigenvalue weighted by atomic mass is 35.5. The lowest BCUT2D eigenvalue weighted by atomic mass is 10.1. The highest BCUT2D eigenvalue weighted by Gasteiger charge is 2.29. The molecule has 1 saturated heterocycles. The van der Waals surface area contributed by atoms with Crippen LogP contribution < -0.4 is 0 Å². The van der Waals surface area contributed by atoms with E-state index in [1.807, 2.05) is 0 Å². The molecule has 0 bridgehead atoms. The highest BCUT2D eigenvalue weighted by Crippen LogP contribution is 2.45. The van der Waals surface area contributed by atoms with Crippen molar-refractivity contribution in [1.29, 1.82) is 0 Å². The number of likely N-dealkylation sites (tertiary alicyclic amines) is 1.